The molecule has 0 aromatic carbocycles. The molecular formula is C9H10FN. The molecule has 0 unspecified atom stereocenters. The minimum absolute atomic E-state index is 0.0833. The Morgan fingerprint density at radius 3 is 2.82 bits per heavy atom. The Bertz CT molecular complexity index is 279. The van der Waals surface area contributed by atoms with Crippen molar-refractivity contribution >= 4 is 0 Å². The van der Waals surface area contributed by atoms with Crippen LogP contribution in [0.5, 0.6) is 0 Å². The fraction of sp³-hybridized carbons (Fsp3) is 0.444. The lowest BCUT2D eigenvalue weighted by molar-refractivity contribution is 0.606. The molecule has 1 aromatic heterocycles. The zero-order chi connectivity index (χ0) is 7.84. The second kappa shape index (κ2) is 2.29. The predicted molar refractivity (Wildman–Crippen MR) is 40.9 cm³/mol. The molecule has 2 heteroatoms. The van der Waals surface area contributed by atoms with Crippen LogP contribution in [0.1, 0.15) is 30.0 Å². The highest BCUT2D eigenvalue weighted by Gasteiger charge is 2.26. The minimum atomic E-state index is -0.0833. The molecule has 1 saturated carbocycles. The Morgan fingerprint density at radius 1 is 1.55 bits per heavy atom. The fourth-order valence-electron chi connectivity index (χ4n) is 1.23. The maximum absolute atomic E-state index is 13.1. The van der Waals surface area contributed by atoms with Crippen LogP contribution >= 0.6 is 0 Å². The Labute approximate surface area is 65.3 Å². The molecule has 0 atom stereocenters. The molecule has 0 bridgehead atoms. The average Bonchev–Trinajstić information content (AvgIpc) is 2.70. The number of pyridine rings is 1. The second-order valence-electron chi connectivity index (χ2n) is 3.12. The summed E-state index contributed by atoms with van der Waals surface area (Å²) >= 11 is 0. The summed E-state index contributed by atoms with van der Waals surface area (Å²) in [6.45, 7) is 1.81. The lowest BCUT2D eigenvalue weighted by Gasteiger charge is -1.99. The van der Waals surface area contributed by atoms with Gasteiger partial charge >= 0.3 is 0 Å². The summed E-state index contributed by atoms with van der Waals surface area (Å²) in [5, 5.41) is 0. The molecular weight excluding hydrogens is 141 g/mol. The Balaban J connectivity index is 2.39. The third kappa shape index (κ3) is 1.25. The summed E-state index contributed by atoms with van der Waals surface area (Å²) in [4.78, 5) is 4.06. The van der Waals surface area contributed by atoms with Crippen LogP contribution in [0.2, 0.25) is 0 Å². The summed E-state index contributed by atoms with van der Waals surface area (Å²) in [7, 11) is 0. The van der Waals surface area contributed by atoms with E-state index in [1.807, 2.05) is 0 Å². The van der Waals surface area contributed by atoms with Gasteiger partial charge in [-0.05, 0) is 31.7 Å². The standard InChI is InChI=1S/C9H10FN/c1-6-4-9(10)8(5-11-6)7-2-3-7/h4-5,7H,2-3H2,1H3. The van der Waals surface area contributed by atoms with Gasteiger partial charge in [0.25, 0.3) is 0 Å². The van der Waals surface area contributed by atoms with Crippen LogP contribution in [-0.2, 0) is 0 Å². The van der Waals surface area contributed by atoms with Crippen LogP contribution in [0.25, 0.3) is 0 Å². The van der Waals surface area contributed by atoms with Crippen LogP contribution < -0.4 is 0 Å². The minimum Gasteiger partial charge on any atom is -0.261 e. The van der Waals surface area contributed by atoms with E-state index in [0.29, 0.717) is 5.92 Å². The molecule has 0 N–H and O–H groups in total. The number of rotatable bonds is 1. The van der Waals surface area contributed by atoms with Gasteiger partial charge in [-0.1, -0.05) is 0 Å². The van der Waals surface area contributed by atoms with Gasteiger partial charge in [-0.2, -0.15) is 0 Å². The number of aryl methyl sites for hydroxylation is 1. The van der Waals surface area contributed by atoms with Gasteiger partial charge < -0.3 is 0 Å². The highest BCUT2D eigenvalue weighted by molar-refractivity contribution is 5.23. The van der Waals surface area contributed by atoms with E-state index < -0.39 is 0 Å². The number of hydrogen-bond donors (Lipinski definition) is 0. The predicted octanol–water partition coefficient (Wildman–Crippen LogP) is 2.41. The van der Waals surface area contributed by atoms with Crippen molar-refractivity contribution in [2.45, 2.75) is 25.7 Å². The lowest BCUT2D eigenvalue weighted by atomic mass is 10.2. The van der Waals surface area contributed by atoms with Crippen molar-refractivity contribution in [1.82, 2.24) is 4.98 Å². The van der Waals surface area contributed by atoms with Crippen molar-refractivity contribution in [3.05, 3.63) is 29.3 Å². The molecule has 2 rings (SSSR count). The lowest BCUT2D eigenvalue weighted by Crippen LogP contribution is -1.90. The van der Waals surface area contributed by atoms with E-state index in [0.717, 1.165) is 24.1 Å². The van der Waals surface area contributed by atoms with Crippen LogP contribution in [0.3, 0.4) is 0 Å². The van der Waals surface area contributed by atoms with Crippen molar-refractivity contribution < 1.29 is 4.39 Å². The first-order valence-electron chi connectivity index (χ1n) is 3.89. The summed E-state index contributed by atoms with van der Waals surface area (Å²) in [6.07, 6.45) is 3.92. The molecule has 0 spiro atoms. The van der Waals surface area contributed by atoms with E-state index in [2.05, 4.69) is 4.98 Å². The van der Waals surface area contributed by atoms with E-state index in [4.69, 9.17) is 0 Å². The highest BCUT2D eigenvalue weighted by atomic mass is 19.1. The van der Waals surface area contributed by atoms with Crippen molar-refractivity contribution in [3.8, 4) is 0 Å². The van der Waals surface area contributed by atoms with E-state index in [1.165, 1.54) is 6.07 Å². The van der Waals surface area contributed by atoms with E-state index in [-0.39, 0.29) is 5.82 Å². The Morgan fingerprint density at radius 2 is 2.27 bits per heavy atom. The number of halogens is 1. The zero-order valence-corrected chi connectivity index (χ0v) is 6.47. The van der Waals surface area contributed by atoms with Gasteiger partial charge in [0.1, 0.15) is 5.82 Å². The molecule has 0 amide bonds. The van der Waals surface area contributed by atoms with Gasteiger partial charge in [0.15, 0.2) is 0 Å². The highest BCUT2D eigenvalue weighted by Crippen LogP contribution is 2.40. The molecule has 1 aliphatic rings. The summed E-state index contributed by atoms with van der Waals surface area (Å²) in [5.41, 5.74) is 1.56. The number of hydrogen-bond acceptors (Lipinski definition) is 1. The fourth-order valence-corrected chi connectivity index (χ4v) is 1.23. The van der Waals surface area contributed by atoms with Crippen LogP contribution in [0.15, 0.2) is 12.3 Å². The molecule has 58 valence electrons. The normalized spacial score (nSPS) is 16.9. The summed E-state index contributed by atoms with van der Waals surface area (Å²) < 4.78 is 13.1. The third-order valence-corrected chi connectivity index (χ3v) is 2.04. The van der Waals surface area contributed by atoms with E-state index in [9.17, 15) is 4.39 Å². The van der Waals surface area contributed by atoms with Crippen LogP contribution in [0, 0.1) is 12.7 Å². The van der Waals surface area contributed by atoms with Crippen molar-refractivity contribution in [1.29, 1.82) is 0 Å². The maximum atomic E-state index is 13.1. The molecule has 1 fully saturated rings. The maximum Gasteiger partial charge on any atom is 0.130 e. The van der Waals surface area contributed by atoms with Gasteiger partial charge in [-0.25, -0.2) is 4.39 Å². The summed E-state index contributed by atoms with van der Waals surface area (Å²) in [5.74, 6) is 0.378. The molecule has 1 aromatic rings. The second-order valence-corrected chi connectivity index (χ2v) is 3.12. The van der Waals surface area contributed by atoms with Crippen LogP contribution in [-0.4, -0.2) is 4.98 Å². The Kier molecular flexibility index (Phi) is 1.41. The molecule has 1 heterocycles. The largest absolute Gasteiger partial charge is 0.261 e. The van der Waals surface area contributed by atoms with Gasteiger partial charge in [-0.15, -0.1) is 0 Å². The van der Waals surface area contributed by atoms with Gasteiger partial charge in [0.05, 0.1) is 0 Å². The SMILES string of the molecule is Cc1cc(F)c(C2CC2)cn1. The van der Waals surface area contributed by atoms with E-state index >= 15 is 0 Å². The third-order valence-electron chi connectivity index (χ3n) is 2.04. The van der Waals surface area contributed by atoms with Crippen LogP contribution in [0.4, 0.5) is 4.39 Å². The smallest absolute Gasteiger partial charge is 0.130 e. The number of aromatic nitrogens is 1. The molecule has 0 radical (unpaired) electrons. The number of nitrogens with zero attached hydrogens (tertiary/aromatic N) is 1. The average molecular weight is 151 g/mol. The first-order valence-corrected chi connectivity index (χ1v) is 3.89. The van der Waals surface area contributed by atoms with E-state index in [1.54, 1.807) is 13.1 Å². The topological polar surface area (TPSA) is 12.9 Å². The molecule has 0 saturated heterocycles. The van der Waals surface area contributed by atoms with Crippen molar-refractivity contribution in [2.75, 3.05) is 0 Å². The Hall–Kier alpha value is -0.920. The molecule has 1 nitrogen and oxygen atoms in total. The zero-order valence-electron chi connectivity index (χ0n) is 6.47. The van der Waals surface area contributed by atoms with Gasteiger partial charge in [0, 0.05) is 17.5 Å². The van der Waals surface area contributed by atoms with Crippen molar-refractivity contribution in [2.24, 2.45) is 0 Å². The first kappa shape index (κ1) is 6.77. The monoisotopic (exact) mass is 151 g/mol. The molecule has 11 heavy (non-hydrogen) atoms. The van der Waals surface area contributed by atoms with Crippen molar-refractivity contribution in [3.63, 3.8) is 0 Å². The van der Waals surface area contributed by atoms with Gasteiger partial charge in [0.2, 0.25) is 0 Å². The van der Waals surface area contributed by atoms with Gasteiger partial charge in [-0.3, -0.25) is 4.98 Å². The first-order chi connectivity index (χ1) is 5.27. The molecule has 0 aliphatic heterocycles. The quantitative estimate of drug-likeness (QED) is 0.600. The molecule has 1 aliphatic carbocycles. The summed E-state index contributed by atoms with van der Waals surface area (Å²) in [6, 6.07) is 1.51.